The van der Waals surface area contributed by atoms with Gasteiger partial charge in [0.1, 0.15) is 0 Å². The van der Waals surface area contributed by atoms with Gasteiger partial charge >= 0.3 is 0 Å². The summed E-state index contributed by atoms with van der Waals surface area (Å²) in [5, 5.41) is 8.93. The van der Waals surface area contributed by atoms with Crippen LogP contribution >= 0.6 is 11.9 Å². The quantitative estimate of drug-likeness (QED) is 0.665. The van der Waals surface area contributed by atoms with Gasteiger partial charge in [-0.3, -0.25) is 5.14 Å². The van der Waals surface area contributed by atoms with Crippen LogP contribution < -0.4 is 5.14 Å². The first-order valence-electron chi connectivity index (χ1n) is 2.79. The molecule has 0 saturated heterocycles. The predicted octanol–water partition coefficient (Wildman–Crippen LogP) is 1.34. The number of hydrogen-bond donors (Lipinski definition) is 1. The van der Waals surface area contributed by atoms with Gasteiger partial charge in [-0.05, 0) is 18.9 Å². The molecule has 0 aromatic carbocycles. The summed E-state index contributed by atoms with van der Waals surface area (Å²) >= 11 is 1.06. The topological polar surface area (TPSA) is 43.8 Å². The molecule has 0 amide bonds. The molecule has 10 heavy (non-hydrogen) atoms. The lowest BCUT2D eigenvalue weighted by Crippen LogP contribution is -1.98. The summed E-state index contributed by atoms with van der Waals surface area (Å²) in [5.74, 6) is 0. The number of nitrogens with two attached hydrogens (primary N) is 1. The van der Waals surface area contributed by atoms with Crippen LogP contribution in [0.4, 0.5) is 4.39 Å². The zero-order chi connectivity index (χ0) is 7.56. The van der Waals surface area contributed by atoms with Crippen LogP contribution in [0.2, 0.25) is 0 Å². The third-order valence-corrected chi connectivity index (χ3v) is 1.56. The molecule has 1 unspecified atom stereocenters. The molecule has 1 aromatic rings. The van der Waals surface area contributed by atoms with Crippen LogP contribution in [0.3, 0.4) is 0 Å². The Kier molecular flexibility index (Phi) is 2.29. The third kappa shape index (κ3) is 1.48. The van der Waals surface area contributed by atoms with Crippen molar-refractivity contribution in [3.05, 3.63) is 12.4 Å². The maximum Gasteiger partial charge on any atom is 0.188 e. The van der Waals surface area contributed by atoms with Crippen LogP contribution in [0.15, 0.2) is 17.3 Å². The van der Waals surface area contributed by atoms with Crippen molar-refractivity contribution in [3.63, 3.8) is 0 Å². The van der Waals surface area contributed by atoms with Crippen molar-refractivity contribution in [1.29, 1.82) is 0 Å². The van der Waals surface area contributed by atoms with Crippen molar-refractivity contribution in [2.45, 2.75) is 18.1 Å². The van der Waals surface area contributed by atoms with Gasteiger partial charge in [-0.25, -0.2) is 9.07 Å². The molecule has 5 heteroatoms. The molecule has 0 bridgehead atoms. The monoisotopic (exact) mass is 161 g/mol. The molecule has 56 valence electrons. The molecule has 1 heterocycles. The molecule has 0 spiro atoms. The Bertz CT molecular complexity index is 210. The first kappa shape index (κ1) is 7.56. The Balaban J connectivity index is 2.78. The smallest absolute Gasteiger partial charge is 0.188 e. The fourth-order valence-electron chi connectivity index (χ4n) is 0.576. The van der Waals surface area contributed by atoms with Crippen molar-refractivity contribution in [2.75, 3.05) is 0 Å². The molecular weight excluding hydrogens is 153 g/mol. The van der Waals surface area contributed by atoms with Gasteiger partial charge in [0.25, 0.3) is 0 Å². The number of aromatic nitrogens is 2. The molecule has 1 rings (SSSR count). The number of hydrogen-bond acceptors (Lipinski definition) is 3. The highest BCUT2D eigenvalue weighted by Crippen LogP contribution is 2.12. The van der Waals surface area contributed by atoms with Crippen LogP contribution in [-0.2, 0) is 0 Å². The van der Waals surface area contributed by atoms with E-state index in [1.165, 1.54) is 17.8 Å². The van der Waals surface area contributed by atoms with E-state index in [1.54, 1.807) is 6.20 Å². The molecule has 0 saturated carbocycles. The predicted molar refractivity (Wildman–Crippen MR) is 38.1 cm³/mol. The van der Waals surface area contributed by atoms with Crippen molar-refractivity contribution >= 4 is 11.9 Å². The molecule has 3 nitrogen and oxygen atoms in total. The zero-order valence-corrected chi connectivity index (χ0v) is 6.31. The lowest BCUT2D eigenvalue weighted by atomic mass is 10.7. The van der Waals surface area contributed by atoms with E-state index in [1.807, 2.05) is 0 Å². The highest BCUT2D eigenvalue weighted by atomic mass is 32.2. The van der Waals surface area contributed by atoms with E-state index in [0.29, 0.717) is 0 Å². The van der Waals surface area contributed by atoms with E-state index in [9.17, 15) is 4.39 Å². The average molecular weight is 161 g/mol. The van der Waals surface area contributed by atoms with Crippen molar-refractivity contribution in [2.24, 2.45) is 5.14 Å². The van der Waals surface area contributed by atoms with Gasteiger partial charge in [-0.2, -0.15) is 5.10 Å². The van der Waals surface area contributed by atoms with Gasteiger partial charge in [0.15, 0.2) is 6.30 Å². The first-order chi connectivity index (χ1) is 4.74. The summed E-state index contributed by atoms with van der Waals surface area (Å²) < 4.78 is 13.7. The highest BCUT2D eigenvalue weighted by molar-refractivity contribution is 7.97. The molecule has 1 aromatic heterocycles. The van der Waals surface area contributed by atoms with Crippen LogP contribution in [0.25, 0.3) is 0 Å². The molecule has 0 aliphatic heterocycles. The summed E-state index contributed by atoms with van der Waals surface area (Å²) in [7, 11) is 0. The molecular formula is C5H8FN3S. The van der Waals surface area contributed by atoms with Crippen LogP contribution in [-0.4, -0.2) is 9.78 Å². The van der Waals surface area contributed by atoms with E-state index in [4.69, 9.17) is 5.14 Å². The fraction of sp³-hybridized carbons (Fsp3) is 0.400. The number of alkyl halides is 1. The van der Waals surface area contributed by atoms with Gasteiger partial charge in [0, 0.05) is 6.20 Å². The third-order valence-electron chi connectivity index (χ3n) is 1.08. The van der Waals surface area contributed by atoms with E-state index < -0.39 is 6.30 Å². The molecule has 0 fully saturated rings. The first-order valence-corrected chi connectivity index (χ1v) is 3.67. The Morgan fingerprint density at radius 1 is 1.90 bits per heavy atom. The van der Waals surface area contributed by atoms with Crippen molar-refractivity contribution in [3.8, 4) is 0 Å². The highest BCUT2D eigenvalue weighted by Gasteiger charge is 2.02. The minimum atomic E-state index is -1.08. The lowest BCUT2D eigenvalue weighted by Gasteiger charge is -1.98. The second kappa shape index (κ2) is 3.03. The lowest BCUT2D eigenvalue weighted by molar-refractivity contribution is 0.245. The Hall–Kier alpha value is -0.550. The molecule has 0 radical (unpaired) electrons. The van der Waals surface area contributed by atoms with E-state index >= 15 is 0 Å². The zero-order valence-electron chi connectivity index (χ0n) is 5.49. The van der Waals surface area contributed by atoms with Gasteiger partial charge in [0.05, 0.1) is 11.1 Å². The maximum absolute atomic E-state index is 12.4. The number of rotatable bonds is 2. The fourth-order valence-corrected chi connectivity index (χ4v) is 0.853. The van der Waals surface area contributed by atoms with Gasteiger partial charge < -0.3 is 0 Å². The van der Waals surface area contributed by atoms with Gasteiger partial charge in [-0.1, -0.05) is 0 Å². The van der Waals surface area contributed by atoms with E-state index in [0.717, 1.165) is 16.8 Å². The number of halogens is 1. The molecule has 0 aliphatic carbocycles. The standard InChI is InChI=1S/C5H8FN3S/c1-4(6)9-3-5(10-7)2-8-9/h2-4H,7H2,1H3. The van der Waals surface area contributed by atoms with Crippen molar-refractivity contribution in [1.82, 2.24) is 9.78 Å². The molecule has 0 aliphatic rings. The Labute approximate surface area is 62.5 Å². The normalized spacial score (nSPS) is 13.5. The minimum absolute atomic E-state index is 0.768. The SMILES string of the molecule is CC(F)n1cc(SN)cn1. The summed E-state index contributed by atoms with van der Waals surface area (Å²) in [4.78, 5) is 0.768. The Morgan fingerprint density at radius 2 is 2.60 bits per heavy atom. The van der Waals surface area contributed by atoms with Gasteiger partial charge in [0.2, 0.25) is 0 Å². The van der Waals surface area contributed by atoms with Crippen molar-refractivity contribution < 1.29 is 4.39 Å². The van der Waals surface area contributed by atoms with E-state index in [2.05, 4.69) is 5.10 Å². The van der Waals surface area contributed by atoms with Gasteiger partial charge in [-0.15, -0.1) is 0 Å². The summed E-state index contributed by atoms with van der Waals surface area (Å²) in [6.07, 6.45) is 2.01. The van der Waals surface area contributed by atoms with Crippen LogP contribution in [0.5, 0.6) is 0 Å². The average Bonchev–Trinajstić information content (AvgIpc) is 2.34. The van der Waals surface area contributed by atoms with Crippen LogP contribution in [0.1, 0.15) is 13.2 Å². The summed E-state index contributed by atoms with van der Waals surface area (Å²) in [6, 6.07) is 0. The van der Waals surface area contributed by atoms with E-state index in [-0.39, 0.29) is 0 Å². The second-order valence-electron chi connectivity index (χ2n) is 1.85. The summed E-state index contributed by atoms with van der Waals surface area (Å²) in [5.41, 5.74) is 0. The largest absolute Gasteiger partial charge is 0.273 e. The maximum atomic E-state index is 12.4. The minimum Gasteiger partial charge on any atom is -0.273 e. The summed E-state index contributed by atoms with van der Waals surface area (Å²) in [6.45, 7) is 1.41. The Morgan fingerprint density at radius 3 is 2.90 bits per heavy atom. The second-order valence-corrected chi connectivity index (χ2v) is 2.56. The van der Waals surface area contributed by atoms with Crippen LogP contribution in [0, 0.1) is 0 Å². The molecule has 1 atom stereocenters. The molecule has 2 N–H and O–H groups in total. The number of nitrogens with zero attached hydrogens (tertiary/aromatic N) is 2.